The van der Waals surface area contributed by atoms with Gasteiger partial charge in [-0.15, -0.1) is 20.4 Å². The van der Waals surface area contributed by atoms with Crippen molar-refractivity contribution in [2.75, 3.05) is 5.32 Å². The van der Waals surface area contributed by atoms with Gasteiger partial charge in [-0.1, -0.05) is 19.9 Å². The Bertz CT molecular complexity index is 846. The fraction of sp³-hybridized carbons (Fsp3) is 0.176. The third kappa shape index (κ3) is 4.17. The molecule has 0 fully saturated rings. The number of nitrogens with one attached hydrogen (secondary N) is 1. The number of nitrogens with zero attached hydrogens (tertiary/aromatic N) is 6. The summed E-state index contributed by atoms with van der Waals surface area (Å²) in [4.78, 5) is 8.20. The molecule has 0 amide bonds. The number of aromatic nitrogens is 6. The molecule has 1 N–H and O–H groups in total. The Labute approximate surface area is 144 Å². The van der Waals surface area contributed by atoms with E-state index >= 15 is 0 Å². The zero-order valence-corrected chi connectivity index (χ0v) is 13.6. The second kappa shape index (κ2) is 7.52. The molecule has 0 unspecified atom stereocenters. The highest BCUT2D eigenvalue weighted by atomic mass is 19.1. The summed E-state index contributed by atoms with van der Waals surface area (Å²) in [7, 11) is 0. The number of allylic oxidation sites excluding steroid dienone is 1. The third-order valence-corrected chi connectivity index (χ3v) is 3.30. The van der Waals surface area contributed by atoms with Crippen LogP contribution in [0.25, 0.3) is 23.0 Å². The largest absolute Gasteiger partial charge is 0.358 e. The third-order valence-electron chi connectivity index (χ3n) is 3.30. The monoisotopic (exact) mass is 337 g/mol. The minimum Gasteiger partial charge on any atom is -0.358 e. The molecule has 0 radical (unpaired) electrons. The van der Waals surface area contributed by atoms with Gasteiger partial charge in [-0.2, -0.15) is 0 Å². The Morgan fingerprint density at radius 2 is 1.56 bits per heavy atom. The summed E-state index contributed by atoms with van der Waals surface area (Å²) in [5.74, 6) is 0.0866. The highest BCUT2D eigenvalue weighted by Gasteiger charge is 2.09. The maximum Gasteiger partial charge on any atom is 0.221 e. The van der Waals surface area contributed by atoms with Gasteiger partial charge in [0.2, 0.25) is 11.6 Å². The van der Waals surface area contributed by atoms with E-state index in [1.807, 2.05) is 6.07 Å². The average Bonchev–Trinajstić information content (AvgIpc) is 2.63. The Morgan fingerprint density at radius 3 is 2.04 bits per heavy atom. The second-order valence-electron chi connectivity index (χ2n) is 5.32. The van der Waals surface area contributed by atoms with Crippen LogP contribution in [-0.4, -0.2) is 30.4 Å². The van der Waals surface area contributed by atoms with Crippen molar-refractivity contribution in [3.8, 4) is 23.0 Å². The van der Waals surface area contributed by atoms with Gasteiger partial charge in [0, 0.05) is 5.70 Å². The van der Waals surface area contributed by atoms with Gasteiger partial charge in [0.05, 0.1) is 18.1 Å². The first-order chi connectivity index (χ1) is 12.2. The van der Waals surface area contributed by atoms with E-state index in [0.29, 0.717) is 17.2 Å². The van der Waals surface area contributed by atoms with Crippen LogP contribution >= 0.6 is 0 Å². The lowest BCUT2D eigenvalue weighted by molar-refractivity contribution is 0.621. The molecule has 0 atom stereocenters. The number of hydrogen-bond donors (Lipinski definition) is 1. The molecule has 3 aromatic heterocycles. The van der Waals surface area contributed by atoms with E-state index in [1.54, 1.807) is 12.3 Å². The van der Waals surface area contributed by atoms with E-state index < -0.39 is 5.82 Å². The van der Waals surface area contributed by atoms with Crippen LogP contribution < -0.4 is 5.32 Å². The summed E-state index contributed by atoms with van der Waals surface area (Å²) in [6, 6.07) is 6.38. The van der Waals surface area contributed by atoms with Gasteiger partial charge >= 0.3 is 0 Å². The van der Waals surface area contributed by atoms with Crippen LogP contribution in [0.2, 0.25) is 0 Å². The fourth-order valence-corrected chi connectivity index (χ4v) is 2.11. The lowest BCUT2D eigenvalue weighted by atomic mass is 10.2. The Morgan fingerprint density at radius 1 is 0.960 bits per heavy atom. The quantitative estimate of drug-likeness (QED) is 0.738. The minimum absolute atomic E-state index is 0.220. The van der Waals surface area contributed by atoms with E-state index in [2.05, 4.69) is 49.2 Å². The average molecular weight is 337 g/mol. The zero-order valence-electron chi connectivity index (χ0n) is 13.6. The molecule has 3 rings (SSSR count). The standard InChI is InChI=1S/C17H16FN7/c1-3-4-11(2)21-13-6-8-15(20-10-13)17-24-22-16(23-25-17)14-7-5-12(18)9-19-14/h5-10,21H,2-4H2,1H3. The van der Waals surface area contributed by atoms with E-state index in [9.17, 15) is 4.39 Å². The zero-order chi connectivity index (χ0) is 17.6. The van der Waals surface area contributed by atoms with Gasteiger partial charge < -0.3 is 5.32 Å². The molecule has 126 valence electrons. The molecule has 3 heterocycles. The van der Waals surface area contributed by atoms with Crippen LogP contribution in [-0.2, 0) is 0 Å². The Hall–Kier alpha value is -3.29. The summed E-state index contributed by atoms with van der Waals surface area (Å²) in [5.41, 5.74) is 2.73. The van der Waals surface area contributed by atoms with Gasteiger partial charge in [-0.3, -0.25) is 4.98 Å². The van der Waals surface area contributed by atoms with Gasteiger partial charge in [-0.25, -0.2) is 9.37 Å². The molecule has 25 heavy (non-hydrogen) atoms. The van der Waals surface area contributed by atoms with Crippen LogP contribution in [0.1, 0.15) is 19.8 Å². The molecule has 0 aliphatic carbocycles. The molecule has 0 aliphatic rings. The lowest BCUT2D eigenvalue weighted by Gasteiger charge is -2.08. The topological polar surface area (TPSA) is 89.4 Å². The first kappa shape index (κ1) is 16.6. The lowest BCUT2D eigenvalue weighted by Crippen LogP contribution is -2.02. The molecule has 0 aliphatic heterocycles. The first-order valence-electron chi connectivity index (χ1n) is 7.76. The molecular weight excluding hydrogens is 321 g/mol. The Balaban J connectivity index is 1.73. The van der Waals surface area contributed by atoms with Crippen LogP contribution in [0.3, 0.4) is 0 Å². The molecular formula is C17H16FN7. The van der Waals surface area contributed by atoms with Crippen molar-refractivity contribution in [1.82, 2.24) is 30.4 Å². The number of rotatable bonds is 6. The van der Waals surface area contributed by atoms with Crippen molar-refractivity contribution in [3.63, 3.8) is 0 Å². The summed E-state index contributed by atoms with van der Waals surface area (Å²) >= 11 is 0. The van der Waals surface area contributed by atoms with Gasteiger partial charge in [0.1, 0.15) is 17.2 Å². The molecule has 0 bridgehead atoms. The molecule has 0 aromatic carbocycles. The summed E-state index contributed by atoms with van der Waals surface area (Å²) in [5, 5.41) is 19.2. The molecule has 0 saturated heterocycles. The van der Waals surface area contributed by atoms with E-state index in [-0.39, 0.29) is 5.82 Å². The number of halogens is 1. The number of anilines is 1. The van der Waals surface area contributed by atoms with Gasteiger partial charge in [0.25, 0.3) is 0 Å². The Kier molecular flexibility index (Phi) is 4.98. The minimum atomic E-state index is -0.430. The maximum atomic E-state index is 12.9. The molecule has 7 nitrogen and oxygen atoms in total. The highest BCUT2D eigenvalue weighted by Crippen LogP contribution is 2.16. The second-order valence-corrected chi connectivity index (χ2v) is 5.32. The van der Waals surface area contributed by atoms with Gasteiger partial charge in [-0.05, 0) is 30.7 Å². The van der Waals surface area contributed by atoms with Crippen LogP contribution in [0, 0.1) is 5.82 Å². The van der Waals surface area contributed by atoms with Crippen LogP contribution in [0.5, 0.6) is 0 Å². The van der Waals surface area contributed by atoms with Gasteiger partial charge in [0.15, 0.2) is 0 Å². The van der Waals surface area contributed by atoms with E-state index in [0.717, 1.165) is 30.4 Å². The number of hydrogen-bond acceptors (Lipinski definition) is 7. The van der Waals surface area contributed by atoms with Crippen molar-refractivity contribution in [2.24, 2.45) is 0 Å². The number of pyridine rings is 2. The summed E-state index contributed by atoms with van der Waals surface area (Å²) in [6.07, 6.45) is 4.69. The SMILES string of the molecule is C=C(CCC)Nc1ccc(-c2nnc(-c3ccc(F)cn3)nn2)nc1. The molecule has 3 aromatic rings. The molecule has 8 heteroatoms. The van der Waals surface area contributed by atoms with Crippen molar-refractivity contribution in [1.29, 1.82) is 0 Å². The van der Waals surface area contributed by atoms with Crippen molar-refractivity contribution in [3.05, 3.63) is 54.8 Å². The maximum absolute atomic E-state index is 12.9. The normalized spacial score (nSPS) is 10.5. The van der Waals surface area contributed by atoms with Crippen molar-refractivity contribution < 1.29 is 4.39 Å². The summed E-state index contributed by atoms with van der Waals surface area (Å²) in [6.45, 7) is 6.05. The van der Waals surface area contributed by atoms with Crippen molar-refractivity contribution in [2.45, 2.75) is 19.8 Å². The van der Waals surface area contributed by atoms with E-state index in [4.69, 9.17) is 0 Å². The molecule has 0 saturated carbocycles. The van der Waals surface area contributed by atoms with Crippen LogP contribution in [0.15, 0.2) is 48.9 Å². The summed E-state index contributed by atoms with van der Waals surface area (Å²) < 4.78 is 12.9. The molecule has 0 spiro atoms. The fourth-order valence-electron chi connectivity index (χ4n) is 2.11. The smallest absolute Gasteiger partial charge is 0.221 e. The van der Waals surface area contributed by atoms with E-state index in [1.165, 1.54) is 12.1 Å². The highest BCUT2D eigenvalue weighted by molar-refractivity contribution is 5.55. The predicted molar refractivity (Wildman–Crippen MR) is 91.7 cm³/mol. The first-order valence-corrected chi connectivity index (χ1v) is 7.76. The van der Waals surface area contributed by atoms with Crippen molar-refractivity contribution >= 4 is 5.69 Å². The van der Waals surface area contributed by atoms with Crippen LogP contribution in [0.4, 0.5) is 10.1 Å². The predicted octanol–water partition coefficient (Wildman–Crippen LogP) is 3.26.